The van der Waals surface area contributed by atoms with E-state index in [0.717, 1.165) is 18.4 Å². The molecule has 2 rings (SSSR count). The van der Waals surface area contributed by atoms with E-state index in [1.54, 1.807) is 17.0 Å². The van der Waals surface area contributed by atoms with Crippen LogP contribution < -0.4 is 5.73 Å². The van der Waals surface area contributed by atoms with Gasteiger partial charge in [0.05, 0.1) is 5.54 Å². The number of benzene rings is 1. The highest BCUT2D eigenvalue weighted by atomic mass is 16.6. The predicted molar refractivity (Wildman–Crippen MR) is 81.0 cm³/mol. The molecule has 5 nitrogen and oxygen atoms in total. The Labute approximate surface area is 125 Å². The third kappa shape index (κ3) is 3.13. The van der Waals surface area contributed by atoms with Crippen molar-refractivity contribution in [2.75, 3.05) is 13.1 Å². The highest BCUT2D eigenvalue weighted by Crippen LogP contribution is 2.39. The maximum absolute atomic E-state index is 12.5. The standard InChI is InChI=1S/C16H24N2O3/c1-15(2,3)21-14(20)18-10-4-9-16(18,11-17)12-5-7-13(19)8-6-12/h5-8,19H,4,9-11,17H2,1-3H3. The van der Waals surface area contributed by atoms with Crippen LogP contribution in [0.3, 0.4) is 0 Å². The molecule has 1 fully saturated rings. The summed E-state index contributed by atoms with van der Waals surface area (Å²) in [6.45, 7) is 6.52. The quantitative estimate of drug-likeness (QED) is 0.878. The monoisotopic (exact) mass is 292 g/mol. The molecule has 1 atom stereocenters. The number of carbonyl (C=O) groups is 1. The Hall–Kier alpha value is -1.75. The zero-order valence-electron chi connectivity index (χ0n) is 12.9. The Morgan fingerprint density at radius 3 is 2.52 bits per heavy atom. The molecule has 1 aliphatic rings. The first-order valence-electron chi connectivity index (χ1n) is 7.29. The Kier molecular flexibility index (Phi) is 4.14. The maximum Gasteiger partial charge on any atom is 0.411 e. The molecule has 0 spiro atoms. The summed E-state index contributed by atoms with van der Waals surface area (Å²) in [5.41, 5.74) is 5.88. The topological polar surface area (TPSA) is 75.8 Å². The van der Waals surface area contributed by atoms with Gasteiger partial charge in [0.25, 0.3) is 0 Å². The van der Waals surface area contributed by atoms with Crippen molar-refractivity contribution < 1.29 is 14.6 Å². The second-order valence-electron chi connectivity index (χ2n) is 6.52. The average Bonchev–Trinajstić information content (AvgIpc) is 2.82. The van der Waals surface area contributed by atoms with E-state index in [-0.39, 0.29) is 11.8 Å². The lowest BCUT2D eigenvalue weighted by atomic mass is 9.87. The summed E-state index contributed by atoms with van der Waals surface area (Å²) >= 11 is 0. The number of hydrogen-bond donors (Lipinski definition) is 2. The van der Waals surface area contributed by atoms with Gasteiger partial charge in [-0.15, -0.1) is 0 Å². The second kappa shape index (κ2) is 5.56. The van der Waals surface area contributed by atoms with Gasteiger partial charge < -0.3 is 15.6 Å². The van der Waals surface area contributed by atoms with Crippen molar-refractivity contribution in [2.45, 2.75) is 44.8 Å². The van der Waals surface area contributed by atoms with E-state index >= 15 is 0 Å². The van der Waals surface area contributed by atoms with E-state index in [1.165, 1.54) is 0 Å². The molecule has 1 aromatic rings. The SMILES string of the molecule is CC(C)(C)OC(=O)N1CCCC1(CN)c1ccc(O)cc1. The lowest BCUT2D eigenvalue weighted by Crippen LogP contribution is -2.51. The minimum absolute atomic E-state index is 0.202. The molecule has 1 unspecified atom stereocenters. The third-order valence-corrected chi connectivity index (χ3v) is 3.84. The van der Waals surface area contributed by atoms with Crippen LogP contribution in [0.1, 0.15) is 39.2 Å². The Morgan fingerprint density at radius 1 is 1.38 bits per heavy atom. The van der Waals surface area contributed by atoms with Gasteiger partial charge in [-0.1, -0.05) is 12.1 Å². The number of nitrogens with two attached hydrogens (primary N) is 1. The zero-order chi connectivity index (χ0) is 15.7. The lowest BCUT2D eigenvalue weighted by molar-refractivity contribution is 0.00824. The van der Waals surface area contributed by atoms with Gasteiger partial charge >= 0.3 is 6.09 Å². The van der Waals surface area contributed by atoms with Gasteiger partial charge in [-0.2, -0.15) is 0 Å². The number of phenols is 1. The Morgan fingerprint density at radius 2 is 2.00 bits per heavy atom. The van der Waals surface area contributed by atoms with Gasteiger partial charge in [0.15, 0.2) is 0 Å². The number of rotatable bonds is 2. The molecule has 3 N–H and O–H groups in total. The number of aromatic hydroxyl groups is 1. The van der Waals surface area contributed by atoms with Crippen molar-refractivity contribution in [3.63, 3.8) is 0 Å². The molecule has 0 bridgehead atoms. The molecule has 1 amide bonds. The van der Waals surface area contributed by atoms with Gasteiger partial charge in [-0.25, -0.2) is 4.79 Å². The number of carbonyl (C=O) groups excluding carboxylic acids is 1. The number of nitrogens with zero attached hydrogens (tertiary/aromatic N) is 1. The van der Waals surface area contributed by atoms with Gasteiger partial charge in [0.2, 0.25) is 0 Å². The first-order chi connectivity index (χ1) is 9.78. The first-order valence-corrected chi connectivity index (χ1v) is 7.29. The number of hydrogen-bond acceptors (Lipinski definition) is 4. The second-order valence-corrected chi connectivity index (χ2v) is 6.52. The molecule has 0 aliphatic carbocycles. The summed E-state index contributed by atoms with van der Waals surface area (Å²) in [5, 5.41) is 9.45. The van der Waals surface area contributed by atoms with Crippen molar-refractivity contribution in [2.24, 2.45) is 5.73 Å². The number of amides is 1. The third-order valence-electron chi connectivity index (χ3n) is 3.84. The molecule has 0 radical (unpaired) electrons. The van der Waals surface area contributed by atoms with Crippen molar-refractivity contribution >= 4 is 6.09 Å². The first kappa shape index (κ1) is 15.6. The summed E-state index contributed by atoms with van der Waals surface area (Å²) < 4.78 is 5.51. The molecule has 1 aromatic carbocycles. The van der Waals surface area contributed by atoms with E-state index in [0.29, 0.717) is 13.1 Å². The molecular formula is C16H24N2O3. The van der Waals surface area contributed by atoms with Crippen molar-refractivity contribution in [3.8, 4) is 5.75 Å². The normalized spacial score (nSPS) is 22.4. The van der Waals surface area contributed by atoms with E-state index in [1.807, 2.05) is 32.9 Å². The molecule has 5 heteroatoms. The fourth-order valence-electron chi connectivity index (χ4n) is 2.86. The fraction of sp³-hybridized carbons (Fsp3) is 0.562. The van der Waals surface area contributed by atoms with Crippen LogP contribution in [0.4, 0.5) is 4.79 Å². The van der Waals surface area contributed by atoms with Crippen LogP contribution in [-0.4, -0.2) is 34.8 Å². The summed E-state index contributed by atoms with van der Waals surface area (Å²) in [6.07, 6.45) is 1.35. The maximum atomic E-state index is 12.5. The minimum atomic E-state index is -0.546. The van der Waals surface area contributed by atoms with E-state index in [4.69, 9.17) is 10.5 Å². The minimum Gasteiger partial charge on any atom is -0.508 e. The van der Waals surface area contributed by atoms with Gasteiger partial charge in [0, 0.05) is 13.1 Å². The number of ether oxygens (including phenoxy) is 1. The van der Waals surface area contributed by atoms with Crippen LogP contribution >= 0.6 is 0 Å². The molecule has 1 heterocycles. The smallest absolute Gasteiger partial charge is 0.411 e. The Bertz CT molecular complexity index is 507. The highest BCUT2D eigenvalue weighted by molar-refractivity contribution is 5.70. The van der Waals surface area contributed by atoms with Gasteiger partial charge in [0.1, 0.15) is 11.4 Å². The molecule has 1 aliphatic heterocycles. The van der Waals surface area contributed by atoms with Crippen molar-refractivity contribution in [3.05, 3.63) is 29.8 Å². The fourth-order valence-corrected chi connectivity index (χ4v) is 2.86. The van der Waals surface area contributed by atoms with Crippen LogP contribution in [0.15, 0.2) is 24.3 Å². The van der Waals surface area contributed by atoms with E-state index < -0.39 is 11.1 Å². The molecule has 21 heavy (non-hydrogen) atoms. The van der Waals surface area contributed by atoms with Crippen LogP contribution in [-0.2, 0) is 10.3 Å². The van der Waals surface area contributed by atoms with Crippen LogP contribution in [0.5, 0.6) is 5.75 Å². The molecule has 0 aromatic heterocycles. The summed E-state index contributed by atoms with van der Waals surface area (Å²) in [6, 6.07) is 6.90. The Balaban J connectivity index is 2.32. The van der Waals surface area contributed by atoms with Crippen molar-refractivity contribution in [1.29, 1.82) is 0 Å². The lowest BCUT2D eigenvalue weighted by Gasteiger charge is -2.38. The average molecular weight is 292 g/mol. The summed E-state index contributed by atoms with van der Waals surface area (Å²) in [5.74, 6) is 0.202. The van der Waals surface area contributed by atoms with Crippen LogP contribution in [0, 0.1) is 0 Å². The highest BCUT2D eigenvalue weighted by Gasteiger charge is 2.45. The van der Waals surface area contributed by atoms with E-state index in [9.17, 15) is 9.90 Å². The van der Waals surface area contributed by atoms with Gasteiger partial charge in [-0.05, 0) is 51.3 Å². The van der Waals surface area contributed by atoms with Crippen LogP contribution in [0.25, 0.3) is 0 Å². The summed E-state index contributed by atoms with van der Waals surface area (Å²) in [7, 11) is 0. The van der Waals surface area contributed by atoms with Gasteiger partial charge in [-0.3, -0.25) is 4.90 Å². The number of likely N-dealkylation sites (tertiary alicyclic amines) is 1. The molecule has 116 valence electrons. The zero-order valence-corrected chi connectivity index (χ0v) is 12.9. The molecular weight excluding hydrogens is 268 g/mol. The number of phenolic OH excluding ortho intramolecular Hbond substituents is 1. The largest absolute Gasteiger partial charge is 0.508 e. The summed E-state index contributed by atoms with van der Waals surface area (Å²) in [4.78, 5) is 14.2. The molecule has 1 saturated heterocycles. The van der Waals surface area contributed by atoms with Crippen LogP contribution in [0.2, 0.25) is 0 Å². The van der Waals surface area contributed by atoms with Crippen molar-refractivity contribution in [1.82, 2.24) is 4.90 Å². The predicted octanol–water partition coefficient (Wildman–Crippen LogP) is 2.58. The molecule has 0 saturated carbocycles. The van der Waals surface area contributed by atoms with E-state index in [2.05, 4.69) is 0 Å².